The fourth-order valence-corrected chi connectivity index (χ4v) is 2.36. The Bertz CT molecular complexity index is 761. The van der Waals surface area contributed by atoms with Crippen molar-refractivity contribution >= 4 is 0 Å². The largest absolute Gasteiger partial charge is 0.438 e. The fourth-order valence-electron chi connectivity index (χ4n) is 2.36. The highest BCUT2D eigenvalue weighted by Crippen LogP contribution is 2.18. The smallest absolute Gasteiger partial charge is 0.237 e. The quantitative estimate of drug-likeness (QED) is 0.700. The molecule has 24 heavy (non-hydrogen) atoms. The van der Waals surface area contributed by atoms with Crippen molar-refractivity contribution in [2.75, 3.05) is 0 Å². The van der Waals surface area contributed by atoms with Crippen molar-refractivity contribution in [1.29, 1.82) is 0 Å². The third kappa shape index (κ3) is 4.38. The summed E-state index contributed by atoms with van der Waals surface area (Å²) in [6.45, 7) is 1.52. The van der Waals surface area contributed by atoms with Gasteiger partial charge < -0.3 is 15.2 Å². The first kappa shape index (κ1) is 16.1. The topological polar surface area (TPSA) is 67.3 Å². The maximum atomic E-state index is 9.34. The van der Waals surface area contributed by atoms with E-state index in [2.05, 4.69) is 15.3 Å². The Morgan fingerprint density at radius 1 is 0.917 bits per heavy atom. The van der Waals surface area contributed by atoms with Crippen LogP contribution in [0.15, 0.2) is 67.1 Å². The molecular weight excluding hydrogens is 302 g/mol. The van der Waals surface area contributed by atoms with Gasteiger partial charge in [0.15, 0.2) is 0 Å². The predicted octanol–water partition coefficient (Wildman–Crippen LogP) is 3.05. The molecule has 3 rings (SSSR count). The first-order valence-corrected chi connectivity index (χ1v) is 7.76. The zero-order valence-electron chi connectivity index (χ0n) is 13.2. The van der Waals surface area contributed by atoms with Gasteiger partial charge in [-0.15, -0.1) is 0 Å². The number of aliphatic hydroxyl groups excluding tert-OH is 1. The van der Waals surface area contributed by atoms with E-state index in [-0.39, 0.29) is 6.61 Å². The molecule has 0 saturated heterocycles. The molecule has 2 aromatic carbocycles. The van der Waals surface area contributed by atoms with Gasteiger partial charge >= 0.3 is 0 Å². The average Bonchev–Trinajstić information content (AvgIpc) is 2.64. The number of hydrogen-bond donors (Lipinski definition) is 2. The molecule has 122 valence electrons. The number of rotatable bonds is 7. The van der Waals surface area contributed by atoms with Crippen LogP contribution in [0.3, 0.4) is 0 Å². The number of hydrogen-bond acceptors (Lipinski definition) is 5. The molecule has 0 atom stereocenters. The van der Waals surface area contributed by atoms with Crippen LogP contribution in [0.5, 0.6) is 11.6 Å². The summed E-state index contributed by atoms with van der Waals surface area (Å²) >= 11 is 0. The minimum atomic E-state index is 0.0618. The predicted molar refractivity (Wildman–Crippen MR) is 91.5 cm³/mol. The van der Waals surface area contributed by atoms with Crippen LogP contribution in [0.2, 0.25) is 0 Å². The average molecular weight is 321 g/mol. The minimum absolute atomic E-state index is 0.0618. The Morgan fingerprint density at radius 3 is 2.42 bits per heavy atom. The van der Waals surface area contributed by atoms with Crippen LogP contribution < -0.4 is 10.1 Å². The maximum absolute atomic E-state index is 9.34. The Kier molecular flexibility index (Phi) is 5.50. The molecule has 0 unspecified atom stereocenters. The van der Waals surface area contributed by atoms with Crippen molar-refractivity contribution in [3.63, 3.8) is 0 Å². The second-order valence-electron chi connectivity index (χ2n) is 5.32. The van der Waals surface area contributed by atoms with Gasteiger partial charge in [-0.1, -0.05) is 36.4 Å². The van der Waals surface area contributed by atoms with Crippen LogP contribution in [-0.2, 0) is 19.7 Å². The third-order valence-corrected chi connectivity index (χ3v) is 3.62. The Hall–Kier alpha value is -2.76. The molecule has 0 radical (unpaired) electrons. The van der Waals surface area contributed by atoms with Crippen LogP contribution in [0.1, 0.15) is 16.7 Å². The number of nitrogens with one attached hydrogen (secondary N) is 1. The van der Waals surface area contributed by atoms with Crippen LogP contribution in [-0.4, -0.2) is 15.1 Å². The van der Waals surface area contributed by atoms with E-state index in [9.17, 15) is 5.11 Å². The number of aliphatic hydroxyl groups is 1. The normalized spacial score (nSPS) is 10.5. The monoisotopic (exact) mass is 321 g/mol. The molecule has 2 N–H and O–H groups in total. The zero-order valence-corrected chi connectivity index (χ0v) is 13.2. The Balaban J connectivity index is 1.53. The molecule has 0 aliphatic carbocycles. The van der Waals surface area contributed by atoms with Gasteiger partial charge in [-0.05, 0) is 28.8 Å². The molecular formula is C19H19N3O2. The Labute approximate surface area is 141 Å². The second-order valence-corrected chi connectivity index (χ2v) is 5.32. The molecule has 0 aliphatic rings. The van der Waals surface area contributed by atoms with E-state index in [0.717, 1.165) is 29.0 Å². The molecule has 5 nitrogen and oxygen atoms in total. The number of ether oxygens (including phenoxy) is 1. The van der Waals surface area contributed by atoms with Crippen LogP contribution in [0.25, 0.3) is 0 Å². The standard InChI is InChI=1S/C19H19N3O2/c23-14-17-4-2-1-3-16(17)12-21-11-15-5-7-18(8-6-15)24-19-13-20-9-10-22-19/h1-10,13,21,23H,11-12,14H2. The molecule has 0 amide bonds. The lowest BCUT2D eigenvalue weighted by molar-refractivity contribution is 0.280. The number of nitrogens with zero attached hydrogens (tertiary/aromatic N) is 2. The highest BCUT2D eigenvalue weighted by atomic mass is 16.5. The van der Waals surface area contributed by atoms with Gasteiger partial charge in [0.1, 0.15) is 5.75 Å². The van der Waals surface area contributed by atoms with Gasteiger partial charge in [-0.3, -0.25) is 4.98 Å². The molecule has 0 spiro atoms. The molecule has 1 aromatic heterocycles. The van der Waals surface area contributed by atoms with Crippen LogP contribution in [0.4, 0.5) is 0 Å². The summed E-state index contributed by atoms with van der Waals surface area (Å²) < 4.78 is 5.62. The van der Waals surface area contributed by atoms with Gasteiger partial charge in [0.05, 0.1) is 12.8 Å². The number of benzene rings is 2. The van der Waals surface area contributed by atoms with Crippen molar-refractivity contribution in [3.8, 4) is 11.6 Å². The molecule has 0 aliphatic heterocycles. The van der Waals surface area contributed by atoms with Gasteiger partial charge in [-0.25, -0.2) is 4.98 Å². The maximum Gasteiger partial charge on any atom is 0.237 e. The van der Waals surface area contributed by atoms with Gasteiger partial charge in [0.2, 0.25) is 5.88 Å². The summed E-state index contributed by atoms with van der Waals surface area (Å²) in [5, 5.41) is 12.7. The lowest BCUT2D eigenvalue weighted by atomic mass is 10.1. The van der Waals surface area contributed by atoms with E-state index in [4.69, 9.17) is 4.74 Å². The molecule has 0 bridgehead atoms. The molecule has 1 heterocycles. The van der Waals surface area contributed by atoms with Crippen LogP contribution in [0, 0.1) is 0 Å². The fraction of sp³-hybridized carbons (Fsp3) is 0.158. The van der Waals surface area contributed by atoms with Crippen LogP contribution >= 0.6 is 0 Å². The van der Waals surface area contributed by atoms with E-state index < -0.39 is 0 Å². The molecule has 0 fully saturated rings. The summed E-state index contributed by atoms with van der Waals surface area (Å²) in [5.41, 5.74) is 3.23. The summed E-state index contributed by atoms with van der Waals surface area (Å²) in [6.07, 6.45) is 4.78. The highest BCUT2D eigenvalue weighted by Gasteiger charge is 2.01. The number of aromatic nitrogens is 2. The highest BCUT2D eigenvalue weighted by molar-refractivity contribution is 5.30. The van der Waals surface area contributed by atoms with Crippen molar-refractivity contribution in [1.82, 2.24) is 15.3 Å². The Morgan fingerprint density at radius 2 is 1.71 bits per heavy atom. The summed E-state index contributed by atoms with van der Waals surface area (Å²) in [7, 11) is 0. The van der Waals surface area contributed by atoms with E-state index in [1.165, 1.54) is 0 Å². The summed E-state index contributed by atoms with van der Waals surface area (Å²) in [5.74, 6) is 1.20. The third-order valence-electron chi connectivity index (χ3n) is 3.62. The summed E-state index contributed by atoms with van der Waals surface area (Å²) in [6, 6.07) is 15.7. The lowest BCUT2D eigenvalue weighted by Crippen LogP contribution is -2.14. The second kappa shape index (κ2) is 8.19. The lowest BCUT2D eigenvalue weighted by Gasteiger charge is -2.09. The SMILES string of the molecule is OCc1ccccc1CNCc1ccc(Oc2cnccn2)cc1. The van der Waals surface area contributed by atoms with Crippen molar-refractivity contribution in [2.24, 2.45) is 0 Å². The van der Waals surface area contributed by atoms with Crippen molar-refractivity contribution < 1.29 is 9.84 Å². The van der Waals surface area contributed by atoms with E-state index in [0.29, 0.717) is 12.4 Å². The van der Waals surface area contributed by atoms with E-state index in [1.54, 1.807) is 18.6 Å². The minimum Gasteiger partial charge on any atom is -0.438 e. The molecule has 0 saturated carbocycles. The summed E-state index contributed by atoms with van der Waals surface area (Å²) in [4.78, 5) is 8.04. The van der Waals surface area contributed by atoms with E-state index >= 15 is 0 Å². The van der Waals surface area contributed by atoms with Crippen molar-refractivity contribution in [3.05, 3.63) is 83.8 Å². The van der Waals surface area contributed by atoms with Crippen molar-refractivity contribution in [2.45, 2.75) is 19.7 Å². The first-order chi connectivity index (χ1) is 11.8. The molecule has 3 aromatic rings. The van der Waals surface area contributed by atoms with Gasteiger partial charge in [0.25, 0.3) is 0 Å². The van der Waals surface area contributed by atoms with Gasteiger partial charge in [0, 0.05) is 25.5 Å². The molecule has 5 heteroatoms. The first-order valence-electron chi connectivity index (χ1n) is 7.76. The van der Waals surface area contributed by atoms with E-state index in [1.807, 2.05) is 48.5 Å². The zero-order chi connectivity index (χ0) is 16.6. The van der Waals surface area contributed by atoms with Gasteiger partial charge in [-0.2, -0.15) is 0 Å².